The molecule has 0 fully saturated rings. The van der Waals surface area contributed by atoms with Crippen LogP contribution < -0.4 is 4.74 Å². The van der Waals surface area contributed by atoms with Gasteiger partial charge in [-0.15, -0.1) is 5.10 Å². The third-order valence-corrected chi connectivity index (χ3v) is 3.20. The molecule has 0 amide bonds. The molecule has 0 aliphatic rings. The Balaban J connectivity index is 2.31. The summed E-state index contributed by atoms with van der Waals surface area (Å²) >= 11 is 4.37. The molecule has 2 rings (SSSR count). The van der Waals surface area contributed by atoms with Crippen LogP contribution in [0.5, 0.6) is 10.9 Å². The van der Waals surface area contributed by atoms with Gasteiger partial charge in [0.15, 0.2) is 3.92 Å². The molecule has 0 radical (unpaired) electrons. The number of ether oxygens (including phenoxy) is 1. The van der Waals surface area contributed by atoms with Gasteiger partial charge < -0.3 is 4.74 Å². The molecule has 17 heavy (non-hydrogen) atoms. The zero-order valence-corrected chi connectivity index (χ0v) is 11.0. The number of nitro groups is 1. The lowest BCUT2D eigenvalue weighted by atomic mass is 10.2. The second-order valence-electron chi connectivity index (χ2n) is 3.13. The minimum atomic E-state index is -0.470. The molecule has 0 bridgehead atoms. The number of non-ortho nitro benzene ring substituents is 1. The molecule has 0 N–H and O–H groups in total. The lowest BCUT2D eigenvalue weighted by Gasteiger charge is -2.04. The second kappa shape index (κ2) is 4.76. The average Bonchev–Trinajstić information content (AvgIpc) is 2.67. The van der Waals surface area contributed by atoms with Crippen molar-refractivity contribution < 1.29 is 9.66 Å². The van der Waals surface area contributed by atoms with E-state index >= 15 is 0 Å². The van der Waals surface area contributed by atoms with Gasteiger partial charge in [-0.25, -0.2) is 0 Å². The van der Waals surface area contributed by atoms with E-state index in [9.17, 15) is 10.1 Å². The quantitative estimate of drug-likeness (QED) is 0.641. The molecular weight excluding hydrogens is 310 g/mol. The van der Waals surface area contributed by atoms with Crippen molar-refractivity contribution in [3.63, 3.8) is 0 Å². The maximum absolute atomic E-state index is 10.6. The van der Waals surface area contributed by atoms with Crippen LogP contribution in [0.3, 0.4) is 0 Å². The van der Waals surface area contributed by atoms with Crippen molar-refractivity contribution >= 4 is 33.0 Å². The zero-order chi connectivity index (χ0) is 12.4. The van der Waals surface area contributed by atoms with Crippen LogP contribution in [0.25, 0.3) is 0 Å². The highest BCUT2D eigenvalue weighted by atomic mass is 79.9. The summed E-state index contributed by atoms with van der Waals surface area (Å²) in [5.74, 6) is 0.405. The van der Waals surface area contributed by atoms with Crippen molar-refractivity contribution in [2.75, 3.05) is 0 Å². The molecule has 8 heteroatoms. The van der Waals surface area contributed by atoms with E-state index in [-0.39, 0.29) is 5.69 Å². The Hall–Kier alpha value is -1.54. The fourth-order valence-corrected chi connectivity index (χ4v) is 2.07. The molecule has 0 unspecified atom stereocenters. The van der Waals surface area contributed by atoms with Crippen molar-refractivity contribution in [3.05, 3.63) is 37.8 Å². The van der Waals surface area contributed by atoms with E-state index in [4.69, 9.17) is 4.74 Å². The second-order valence-corrected chi connectivity index (χ2v) is 5.35. The lowest BCUT2D eigenvalue weighted by molar-refractivity contribution is -0.384. The average molecular weight is 316 g/mol. The van der Waals surface area contributed by atoms with E-state index in [1.807, 2.05) is 0 Å². The summed E-state index contributed by atoms with van der Waals surface area (Å²) in [4.78, 5) is 10.2. The Bertz CT molecular complexity index is 572. The molecule has 1 aromatic heterocycles. The van der Waals surface area contributed by atoms with Crippen LogP contribution in [-0.4, -0.2) is 15.1 Å². The normalized spacial score (nSPS) is 10.2. The van der Waals surface area contributed by atoms with E-state index in [2.05, 4.69) is 26.1 Å². The van der Waals surface area contributed by atoms with Crippen LogP contribution in [-0.2, 0) is 0 Å². The molecule has 6 nitrogen and oxygen atoms in total. The van der Waals surface area contributed by atoms with Gasteiger partial charge in [0.1, 0.15) is 5.75 Å². The Morgan fingerprint density at radius 2 is 2.24 bits per heavy atom. The van der Waals surface area contributed by atoms with Crippen molar-refractivity contribution in [2.24, 2.45) is 0 Å². The first-order valence-corrected chi connectivity index (χ1v) is 6.09. The van der Waals surface area contributed by atoms with Crippen LogP contribution in [0.2, 0.25) is 0 Å². The third kappa shape index (κ3) is 2.77. The van der Waals surface area contributed by atoms with Crippen LogP contribution >= 0.6 is 27.3 Å². The van der Waals surface area contributed by atoms with E-state index in [0.29, 0.717) is 14.9 Å². The molecule has 0 aliphatic heterocycles. The summed E-state index contributed by atoms with van der Waals surface area (Å²) in [6.07, 6.45) is 0. The largest absolute Gasteiger partial charge is 0.429 e. The minimum absolute atomic E-state index is 0.0193. The molecule has 0 aliphatic carbocycles. The number of nitro benzene ring substituents is 1. The molecular formula is C9H6BrN3O3S. The summed E-state index contributed by atoms with van der Waals surface area (Å²) in [6, 6.07) is 4.42. The van der Waals surface area contributed by atoms with Crippen molar-refractivity contribution in [1.82, 2.24) is 10.2 Å². The van der Waals surface area contributed by atoms with Gasteiger partial charge in [-0.2, -0.15) is 0 Å². The van der Waals surface area contributed by atoms with E-state index < -0.39 is 4.92 Å². The van der Waals surface area contributed by atoms with E-state index in [1.54, 1.807) is 13.0 Å². The maximum atomic E-state index is 10.6. The van der Waals surface area contributed by atoms with Gasteiger partial charge >= 0.3 is 0 Å². The van der Waals surface area contributed by atoms with E-state index in [1.165, 1.54) is 23.5 Å². The standard InChI is InChI=1S/C9H6BrN3O3S/c1-5-2-3-6(13(14)15)4-7(5)16-9-12-11-8(10)17-9/h2-4H,1H3. The van der Waals surface area contributed by atoms with Crippen molar-refractivity contribution in [1.29, 1.82) is 0 Å². The Morgan fingerprint density at radius 3 is 2.82 bits per heavy atom. The number of halogens is 1. The number of benzene rings is 1. The topological polar surface area (TPSA) is 78.2 Å². The Kier molecular flexibility index (Phi) is 3.34. The van der Waals surface area contributed by atoms with Crippen LogP contribution in [0.4, 0.5) is 5.69 Å². The van der Waals surface area contributed by atoms with Gasteiger partial charge in [0, 0.05) is 6.07 Å². The monoisotopic (exact) mass is 315 g/mol. The molecule has 2 aromatic rings. The predicted octanol–water partition coefficient (Wildman–Crippen LogP) is 3.31. The number of aryl methyl sites for hydroxylation is 1. The van der Waals surface area contributed by atoms with Gasteiger partial charge in [-0.05, 0) is 45.8 Å². The highest BCUT2D eigenvalue weighted by Gasteiger charge is 2.12. The molecule has 0 saturated heterocycles. The lowest BCUT2D eigenvalue weighted by Crippen LogP contribution is -1.91. The molecule has 88 valence electrons. The van der Waals surface area contributed by atoms with Gasteiger partial charge in [-0.1, -0.05) is 5.10 Å². The summed E-state index contributed by atoms with van der Waals surface area (Å²) in [5, 5.41) is 18.5. The smallest absolute Gasteiger partial charge is 0.300 e. The zero-order valence-electron chi connectivity index (χ0n) is 8.58. The molecule has 0 atom stereocenters. The van der Waals surface area contributed by atoms with E-state index in [0.717, 1.165) is 5.56 Å². The fraction of sp³-hybridized carbons (Fsp3) is 0.111. The number of hydrogen-bond donors (Lipinski definition) is 0. The SMILES string of the molecule is Cc1ccc([N+](=O)[O-])cc1Oc1nnc(Br)s1. The van der Waals surface area contributed by atoms with Crippen molar-refractivity contribution in [3.8, 4) is 10.9 Å². The summed E-state index contributed by atoms with van der Waals surface area (Å²) in [6.45, 7) is 1.80. The Labute approximate surface area is 109 Å². The maximum Gasteiger partial charge on any atom is 0.300 e. The first-order valence-electron chi connectivity index (χ1n) is 4.48. The van der Waals surface area contributed by atoms with Crippen LogP contribution in [0, 0.1) is 17.0 Å². The summed E-state index contributed by atoms with van der Waals surface area (Å²) < 4.78 is 6.02. The summed E-state index contributed by atoms with van der Waals surface area (Å²) in [5.41, 5.74) is 0.774. The highest BCUT2D eigenvalue weighted by molar-refractivity contribution is 9.11. The van der Waals surface area contributed by atoms with Gasteiger partial charge in [0.05, 0.1) is 11.0 Å². The number of hydrogen-bond acceptors (Lipinski definition) is 6. The van der Waals surface area contributed by atoms with Gasteiger partial charge in [-0.3, -0.25) is 10.1 Å². The van der Waals surface area contributed by atoms with Crippen molar-refractivity contribution in [2.45, 2.75) is 6.92 Å². The molecule has 1 aromatic carbocycles. The van der Waals surface area contributed by atoms with Crippen LogP contribution in [0.15, 0.2) is 22.1 Å². The molecule has 1 heterocycles. The first-order chi connectivity index (χ1) is 8.06. The number of nitrogens with zero attached hydrogens (tertiary/aromatic N) is 3. The number of aromatic nitrogens is 2. The van der Waals surface area contributed by atoms with Crippen LogP contribution in [0.1, 0.15) is 5.56 Å². The predicted molar refractivity (Wildman–Crippen MR) is 65.5 cm³/mol. The van der Waals surface area contributed by atoms with Gasteiger partial charge in [0.25, 0.3) is 10.9 Å². The minimum Gasteiger partial charge on any atom is -0.429 e. The first kappa shape index (κ1) is 11.9. The Morgan fingerprint density at radius 1 is 1.47 bits per heavy atom. The molecule has 0 spiro atoms. The van der Waals surface area contributed by atoms with Gasteiger partial charge in [0.2, 0.25) is 0 Å². The number of rotatable bonds is 3. The molecule has 0 saturated carbocycles. The summed E-state index contributed by atoms with van der Waals surface area (Å²) in [7, 11) is 0. The fourth-order valence-electron chi connectivity index (χ4n) is 1.14. The highest BCUT2D eigenvalue weighted by Crippen LogP contribution is 2.31. The third-order valence-electron chi connectivity index (χ3n) is 1.96.